The third kappa shape index (κ3) is 2.77. The summed E-state index contributed by atoms with van der Waals surface area (Å²) in [7, 11) is 1.84. The molecule has 1 aliphatic heterocycles. The molecule has 1 fully saturated rings. The van der Waals surface area contributed by atoms with Gasteiger partial charge in [0.25, 0.3) is 0 Å². The number of nitrogens with one attached hydrogen (secondary N) is 1. The number of hydrogen-bond donors (Lipinski definition) is 2. The molecule has 2 aromatic heterocycles. The lowest BCUT2D eigenvalue weighted by Gasteiger charge is -2.31. The molecule has 1 saturated carbocycles. The van der Waals surface area contributed by atoms with E-state index in [9.17, 15) is 4.79 Å². The summed E-state index contributed by atoms with van der Waals surface area (Å²) in [4.78, 5) is 23.8. The highest BCUT2D eigenvalue weighted by Gasteiger charge is 2.38. The van der Waals surface area contributed by atoms with Crippen molar-refractivity contribution >= 4 is 22.5 Å². The second-order valence-corrected chi connectivity index (χ2v) is 7.94. The van der Waals surface area contributed by atoms with E-state index in [1.54, 1.807) is 17.2 Å². The molecule has 1 aromatic carbocycles. The van der Waals surface area contributed by atoms with Gasteiger partial charge in [0.05, 0.1) is 17.9 Å². The Morgan fingerprint density at radius 2 is 2.13 bits per heavy atom. The van der Waals surface area contributed by atoms with Crippen LogP contribution in [0, 0.1) is 5.41 Å². The van der Waals surface area contributed by atoms with Gasteiger partial charge in [0.2, 0.25) is 5.91 Å². The maximum atomic E-state index is 12.6. The van der Waals surface area contributed by atoms with E-state index >= 15 is 0 Å². The number of carbonyl (C=O) groups is 1. The Morgan fingerprint density at radius 3 is 2.87 bits per heavy atom. The number of benzene rings is 1. The number of hydrogen-bond acceptors (Lipinski definition) is 5. The fourth-order valence-corrected chi connectivity index (χ4v) is 4.26. The average molecular weight is 402 g/mol. The molecule has 1 amide bonds. The number of amides is 1. The minimum atomic E-state index is -0.252. The molecule has 0 spiro atoms. The van der Waals surface area contributed by atoms with Gasteiger partial charge in [0.15, 0.2) is 5.84 Å². The highest BCUT2D eigenvalue weighted by molar-refractivity contribution is 6.02. The normalized spacial score (nSPS) is 18.9. The zero-order chi connectivity index (χ0) is 21.0. The van der Waals surface area contributed by atoms with Gasteiger partial charge < -0.3 is 15.3 Å². The van der Waals surface area contributed by atoms with Crippen LogP contribution in [-0.2, 0) is 11.3 Å². The first-order valence-corrected chi connectivity index (χ1v) is 9.94. The van der Waals surface area contributed by atoms with Crippen molar-refractivity contribution in [3.05, 3.63) is 47.7 Å². The number of imidazole rings is 1. The highest BCUT2D eigenvalue weighted by Crippen LogP contribution is 2.44. The Hall–Kier alpha value is -3.62. The SMILES string of the molecule is CC1C(=O)N(C)Cc2c(-c3cccc4cc(C(=N)N=NN)ncc34)nc(C3CC3)n21. The maximum absolute atomic E-state index is 12.6. The fraction of sp³-hybridized carbons (Fsp3) is 0.333. The molecule has 3 heterocycles. The summed E-state index contributed by atoms with van der Waals surface area (Å²) >= 11 is 0. The smallest absolute Gasteiger partial charge is 0.245 e. The van der Waals surface area contributed by atoms with Crippen LogP contribution < -0.4 is 5.84 Å². The van der Waals surface area contributed by atoms with Gasteiger partial charge in [0, 0.05) is 30.1 Å². The number of amidine groups is 1. The van der Waals surface area contributed by atoms with Crippen molar-refractivity contribution in [2.24, 2.45) is 16.2 Å². The number of pyridine rings is 1. The Bertz CT molecular complexity index is 1220. The van der Waals surface area contributed by atoms with Crippen LogP contribution in [0.3, 0.4) is 0 Å². The summed E-state index contributed by atoms with van der Waals surface area (Å²) in [5.74, 6) is 6.53. The molecule has 152 valence electrons. The summed E-state index contributed by atoms with van der Waals surface area (Å²) in [6.45, 7) is 2.48. The Labute approximate surface area is 173 Å². The zero-order valence-electron chi connectivity index (χ0n) is 16.8. The van der Waals surface area contributed by atoms with Crippen molar-refractivity contribution in [3.8, 4) is 11.3 Å². The van der Waals surface area contributed by atoms with Gasteiger partial charge in [-0.15, -0.1) is 5.11 Å². The fourth-order valence-electron chi connectivity index (χ4n) is 4.26. The van der Waals surface area contributed by atoms with Gasteiger partial charge in [-0.3, -0.25) is 15.2 Å². The first-order chi connectivity index (χ1) is 14.5. The predicted octanol–water partition coefficient (Wildman–Crippen LogP) is 3.16. The summed E-state index contributed by atoms with van der Waals surface area (Å²) in [6.07, 6.45) is 3.97. The van der Waals surface area contributed by atoms with Crippen molar-refractivity contribution in [2.45, 2.75) is 38.3 Å². The van der Waals surface area contributed by atoms with E-state index < -0.39 is 0 Å². The zero-order valence-corrected chi connectivity index (χ0v) is 16.8. The number of carbonyl (C=O) groups excluding carboxylic acids is 1. The van der Waals surface area contributed by atoms with Gasteiger partial charge in [-0.25, -0.2) is 4.98 Å². The monoisotopic (exact) mass is 402 g/mol. The third-order valence-corrected chi connectivity index (χ3v) is 5.91. The van der Waals surface area contributed by atoms with Gasteiger partial charge in [-0.1, -0.05) is 23.4 Å². The predicted molar refractivity (Wildman–Crippen MR) is 112 cm³/mol. The number of likely N-dealkylation sites (N-methyl/N-ethyl adjacent to an activating group) is 1. The van der Waals surface area contributed by atoms with Crippen LogP contribution in [0.2, 0.25) is 0 Å². The van der Waals surface area contributed by atoms with E-state index in [0.29, 0.717) is 18.2 Å². The van der Waals surface area contributed by atoms with Crippen molar-refractivity contribution in [3.63, 3.8) is 0 Å². The largest absolute Gasteiger partial charge is 0.338 e. The summed E-state index contributed by atoms with van der Waals surface area (Å²) in [5.41, 5.74) is 3.34. The standard InChI is InChI=1S/C21H22N8O/c1-11-21(30)28(2)10-17-18(25-20(29(11)17)12-6-7-12)14-5-3-4-13-8-16(19(22)26-27-23)24-9-15(13)14/h3-5,8-9,11-12H,6-7,10H2,1-2H3,(H3,22,23,26). The second-order valence-electron chi connectivity index (χ2n) is 7.94. The van der Waals surface area contributed by atoms with E-state index in [1.165, 1.54) is 0 Å². The van der Waals surface area contributed by atoms with Crippen LogP contribution in [0.5, 0.6) is 0 Å². The maximum Gasteiger partial charge on any atom is 0.245 e. The van der Waals surface area contributed by atoms with Crippen LogP contribution in [-0.4, -0.2) is 38.2 Å². The molecular weight excluding hydrogens is 380 g/mol. The third-order valence-electron chi connectivity index (χ3n) is 5.91. The molecule has 9 nitrogen and oxygen atoms in total. The van der Waals surface area contributed by atoms with Crippen molar-refractivity contribution < 1.29 is 4.79 Å². The average Bonchev–Trinajstić information content (AvgIpc) is 3.52. The molecule has 30 heavy (non-hydrogen) atoms. The molecule has 2 aliphatic rings. The lowest BCUT2D eigenvalue weighted by Crippen LogP contribution is -2.39. The van der Waals surface area contributed by atoms with Crippen LogP contribution in [0.4, 0.5) is 0 Å². The molecule has 0 bridgehead atoms. The lowest BCUT2D eigenvalue weighted by molar-refractivity contribution is -0.135. The second kappa shape index (κ2) is 6.72. The minimum absolute atomic E-state index is 0.0887. The highest BCUT2D eigenvalue weighted by atomic mass is 16.2. The van der Waals surface area contributed by atoms with Crippen molar-refractivity contribution in [2.75, 3.05) is 7.05 Å². The first-order valence-electron chi connectivity index (χ1n) is 9.94. The van der Waals surface area contributed by atoms with E-state index in [4.69, 9.17) is 16.2 Å². The molecule has 9 heteroatoms. The van der Waals surface area contributed by atoms with Crippen LogP contribution >= 0.6 is 0 Å². The topological polar surface area (TPSA) is 126 Å². The number of aromatic nitrogens is 3. The first kappa shape index (κ1) is 18.4. The van der Waals surface area contributed by atoms with Crippen LogP contribution in [0.15, 0.2) is 40.8 Å². The van der Waals surface area contributed by atoms with E-state index in [-0.39, 0.29) is 17.8 Å². The van der Waals surface area contributed by atoms with E-state index in [0.717, 1.165) is 46.4 Å². The summed E-state index contributed by atoms with van der Waals surface area (Å²) in [6, 6.07) is 7.53. The number of fused-ring (bicyclic) bond motifs is 2. The lowest BCUT2D eigenvalue weighted by atomic mass is 10.0. The van der Waals surface area contributed by atoms with Gasteiger partial charge in [-0.2, -0.15) is 0 Å². The molecule has 0 saturated heterocycles. The molecule has 1 unspecified atom stereocenters. The molecule has 1 aliphatic carbocycles. The van der Waals surface area contributed by atoms with E-state index in [1.807, 2.05) is 32.2 Å². The van der Waals surface area contributed by atoms with Crippen molar-refractivity contribution in [1.82, 2.24) is 19.4 Å². The summed E-state index contributed by atoms with van der Waals surface area (Å²) in [5, 5.41) is 16.5. The Morgan fingerprint density at radius 1 is 1.33 bits per heavy atom. The minimum Gasteiger partial charge on any atom is -0.338 e. The molecule has 3 N–H and O–H groups in total. The van der Waals surface area contributed by atoms with Crippen LogP contribution in [0.1, 0.15) is 48.9 Å². The molecule has 1 atom stereocenters. The number of nitrogens with two attached hydrogens (primary N) is 1. The Balaban J connectivity index is 1.70. The quantitative estimate of drug-likeness (QED) is 0.229. The van der Waals surface area contributed by atoms with Gasteiger partial charge in [-0.05, 0) is 31.2 Å². The van der Waals surface area contributed by atoms with Crippen molar-refractivity contribution in [1.29, 1.82) is 5.41 Å². The molecule has 3 aromatic rings. The summed E-state index contributed by atoms with van der Waals surface area (Å²) < 4.78 is 2.15. The molecule has 5 rings (SSSR count). The van der Waals surface area contributed by atoms with E-state index in [2.05, 4.69) is 19.9 Å². The number of rotatable bonds is 3. The molecular formula is C21H22N8O. The Kier molecular flexibility index (Phi) is 4.12. The molecule has 0 radical (unpaired) electrons. The van der Waals surface area contributed by atoms with Gasteiger partial charge in [0.1, 0.15) is 17.6 Å². The number of nitrogens with zero attached hydrogens (tertiary/aromatic N) is 6. The van der Waals surface area contributed by atoms with Crippen LogP contribution in [0.25, 0.3) is 22.0 Å². The van der Waals surface area contributed by atoms with Gasteiger partial charge >= 0.3 is 0 Å².